The van der Waals surface area contributed by atoms with Gasteiger partial charge in [-0.3, -0.25) is 9.69 Å². The maximum absolute atomic E-state index is 10.3. The van der Waals surface area contributed by atoms with Gasteiger partial charge >= 0.3 is 5.97 Å². The molecule has 0 atom stereocenters. The first-order chi connectivity index (χ1) is 19.1. The molecular formula is C32H58N2O5. The molecule has 1 fully saturated rings. The molecule has 0 unspecified atom stereocenters. The van der Waals surface area contributed by atoms with Crippen molar-refractivity contribution in [3.05, 3.63) is 17.7 Å². The van der Waals surface area contributed by atoms with Crippen molar-refractivity contribution < 1.29 is 24.1 Å². The van der Waals surface area contributed by atoms with Gasteiger partial charge in [0.25, 0.3) is 0 Å². The van der Waals surface area contributed by atoms with E-state index < -0.39 is 5.97 Å². The van der Waals surface area contributed by atoms with Crippen molar-refractivity contribution in [2.75, 3.05) is 47.5 Å². The van der Waals surface area contributed by atoms with E-state index in [0.29, 0.717) is 17.9 Å². The molecule has 0 aliphatic carbocycles. The molecule has 7 heteroatoms. The monoisotopic (exact) mass is 550 g/mol. The first-order valence-electron chi connectivity index (χ1n) is 15.5. The van der Waals surface area contributed by atoms with Crippen molar-refractivity contribution in [3.63, 3.8) is 0 Å². The Morgan fingerprint density at radius 2 is 1.23 bits per heavy atom. The lowest BCUT2D eigenvalue weighted by molar-refractivity contribution is -0.137. The average molecular weight is 551 g/mol. The van der Waals surface area contributed by atoms with Crippen LogP contribution in [-0.2, 0) is 11.3 Å². The van der Waals surface area contributed by atoms with Gasteiger partial charge in [-0.25, -0.2) is 0 Å². The maximum Gasteiger partial charge on any atom is 0.303 e. The van der Waals surface area contributed by atoms with Gasteiger partial charge < -0.3 is 24.6 Å². The Labute approximate surface area is 239 Å². The molecule has 0 radical (unpaired) electrons. The third-order valence-corrected chi connectivity index (χ3v) is 7.38. The highest BCUT2D eigenvalue weighted by Crippen LogP contribution is 2.40. The second-order valence-electron chi connectivity index (χ2n) is 10.6. The number of methoxy groups -OCH3 is 3. The second kappa shape index (κ2) is 23.9. The SMILES string of the molecule is CCCCCCCCCCCCCCCCCC(=O)O.COc1ccc(CN2CCNCC2)c(OC)c1OC. The van der Waals surface area contributed by atoms with Gasteiger partial charge in [0, 0.05) is 44.7 Å². The first-order valence-corrected chi connectivity index (χ1v) is 15.5. The van der Waals surface area contributed by atoms with E-state index in [2.05, 4.69) is 17.1 Å². The van der Waals surface area contributed by atoms with Crippen LogP contribution in [0.3, 0.4) is 0 Å². The Morgan fingerprint density at radius 1 is 0.744 bits per heavy atom. The van der Waals surface area contributed by atoms with Crippen LogP contribution in [0.1, 0.15) is 115 Å². The third-order valence-electron chi connectivity index (χ3n) is 7.38. The minimum atomic E-state index is -0.653. The quantitative estimate of drug-likeness (QED) is 0.154. The molecule has 7 nitrogen and oxygen atoms in total. The molecule has 1 aliphatic rings. The highest BCUT2D eigenvalue weighted by molar-refractivity contribution is 5.66. The fourth-order valence-electron chi connectivity index (χ4n) is 5.05. The zero-order valence-electron chi connectivity index (χ0n) is 25.5. The molecule has 1 heterocycles. The Morgan fingerprint density at radius 3 is 1.67 bits per heavy atom. The Balaban J connectivity index is 0.000000390. The van der Waals surface area contributed by atoms with E-state index in [-0.39, 0.29) is 0 Å². The summed E-state index contributed by atoms with van der Waals surface area (Å²) in [7, 11) is 4.93. The summed E-state index contributed by atoms with van der Waals surface area (Å²) < 4.78 is 16.2. The predicted octanol–water partition coefficient (Wildman–Crippen LogP) is 7.45. The van der Waals surface area contributed by atoms with Crippen LogP contribution in [0.2, 0.25) is 0 Å². The fourth-order valence-corrected chi connectivity index (χ4v) is 5.05. The van der Waals surface area contributed by atoms with Crippen LogP contribution < -0.4 is 19.5 Å². The van der Waals surface area contributed by atoms with Crippen molar-refractivity contribution in [1.29, 1.82) is 0 Å². The van der Waals surface area contributed by atoms with Crippen LogP contribution in [0.5, 0.6) is 17.2 Å². The summed E-state index contributed by atoms with van der Waals surface area (Å²) in [6, 6.07) is 3.97. The molecule has 1 saturated heterocycles. The van der Waals surface area contributed by atoms with Gasteiger partial charge in [-0.05, 0) is 12.5 Å². The minimum absolute atomic E-state index is 0.345. The smallest absolute Gasteiger partial charge is 0.303 e. The van der Waals surface area contributed by atoms with Crippen molar-refractivity contribution in [1.82, 2.24) is 10.2 Å². The molecular weight excluding hydrogens is 492 g/mol. The zero-order valence-corrected chi connectivity index (χ0v) is 25.5. The largest absolute Gasteiger partial charge is 0.493 e. The number of piperazine rings is 1. The maximum atomic E-state index is 10.3. The van der Waals surface area contributed by atoms with E-state index in [4.69, 9.17) is 19.3 Å². The highest BCUT2D eigenvalue weighted by atomic mass is 16.5. The van der Waals surface area contributed by atoms with E-state index in [0.717, 1.165) is 56.9 Å². The number of nitrogens with one attached hydrogen (secondary N) is 1. The van der Waals surface area contributed by atoms with E-state index in [9.17, 15) is 4.79 Å². The van der Waals surface area contributed by atoms with Crippen molar-refractivity contribution in [3.8, 4) is 17.2 Å². The number of carboxylic acids is 1. The van der Waals surface area contributed by atoms with Gasteiger partial charge in [-0.15, -0.1) is 0 Å². The van der Waals surface area contributed by atoms with Gasteiger partial charge in [-0.1, -0.05) is 103 Å². The summed E-state index contributed by atoms with van der Waals surface area (Å²) in [4.78, 5) is 12.7. The number of nitrogens with zero attached hydrogens (tertiary/aromatic N) is 1. The Kier molecular flexibility index (Phi) is 21.4. The van der Waals surface area contributed by atoms with Crippen molar-refractivity contribution in [2.45, 2.75) is 116 Å². The lowest BCUT2D eigenvalue weighted by Crippen LogP contribution is -2.42. The second-order valence-corrected chi connectivity index (χ2v) is 10.6. The lowest BCUT2D eigenvalue weighted by atomic mass is 10.0. The summed E-state index contributed by atoms with van der Waals surface area (Å²) in [5.74, 6) is 1.47. The molecule has 1 aromatic carbocycles. The normalized spacial score (nSPS) is 13.4. The topological polar surface area (TPSA) is 80.3 Å². The molecule has 0 spiro atoms. The molecule has 0 bridgehead atoms. The van der Waals surface area contributed by atoms with Gasteiger partial charge in [-0.2, -0.15) is 0 Å². The standard InChI is InChI=1S/C18H36O2.C14H22N2O3/c1-2-3-4-5-6-7-8-9-10-11-12-13-14-15-16-17-18(19)20;1-17-12-5-4-11(13(18-2)14(12)19-3)10-16-8-6-15-7-9-16/h2-17H2,1H3,(H,19,20);4-5,15H,6-10H2,1-3H3. The molecule has 0 aromatic heterocycles. The summed E-state index contributed by atoms with van der Waals surface area (Å²) in [5, 5.41) is 11.9. The van der Waals surface area contributed by atoms with Gasteiger partial charge in [0.05, 0.1) is 21.3 Å². The molecule has 0 saturated carbocycles. The molecule has 226 valence electrons. The number of unbranched alkanes of at least 4 members (excludes halogenated alkanes) is 14. The van der Waals surface area contributed by atoms with Crippen LogP contribution in [0.25, 0.3) is 0 Å². The minimum Gasteiger partial charge on any atom is -0.493 e. The highest BCUT2D eigenvalue weighted by Gasteiger charge is 2.18. The summed E-state index contributed by atoms with van der Waals surface area (Å²) in [6.45, 7) is 7.32. The molecule has 1 aromatic rings. The number of carbonyl (C=O) groups is 1. The Hall–Kier alpha value is -1.99. The third kappa shape index (κ3) is 16.7. The van der Waals surface area contributed by atoms with Crippen LogP contribution in [-0.4, -0.2) is 63.5 Å². The van der Waals surface area contributed by atoms with E-state index in [1.165, 1.54) is 83.5 Å². The van der Waals surface area contributed by atoms with Gasteiger partial charge in [0.2, 0.25) is 5.75 Å². The van der Waals surface area contributed by atoms with Crippen LogP contribution in [0, 0.1) is 0 Å². The number of carboxylic acid groups (broad SMARTS) is 1. The summed E-state index contributed by atoms with van der Waals surface area (Å²) >= 11 is 0. The molecule has 1 aliphatic heterocycles. The van der Waals surface area contributed by atoms with E-state index >= 15 is 0 Å². The zero-order chi connectivity index (χ0) is 28.6. The number of hydrogen-bond donors (Lipinski definition) is 2. The number of ether oxygens (including phenoxy) is 3. The number of hydrogen-bond acceptors (Lipinski definition) is 6. The molecule has 2 N–H and O–H groups in total. The van der Waals surface area contributed by atoms with E-state index in [1.807, 2.05) is 12.1 Å². The van der Waals surface area contributed by atoms with Gasteiger partial charge in [0.15, 0.2) is 11.5 Å². The molecule has 2 rings (SSSR count). The first kappa shape index (κ1) is 35.0. The summed E-state index contributed by atoms with van der Waals surface area (Å²) in [5.41, 5.74) is 1.13. The molecule has 39 heavy (non-hydrogen) atoms. The number of benzene rings is 1. The lowest BCUT2D eigenvalue weighted by Gasteiger charge is -2.28. The fraction of sp³-hybridized carbons (Fsp3) is 0.781. The molecule has 0 amide bonds. The average Bonchev–Trinajstić information content (AvgIpc) is 2.95. The predicted molar refractivity (Wildman–Crippen MR) is 161 cm³/mol. The number of rotatable bonds is 21. The van der Waals surface area contributed by atoms with Crippen molar-refractivity contribution >= 4 is 5.97 Å². The van der Waals surface area contributed by atoms with Gasteiger partial charge in [0.1, 0.15) is 0 Å². The van der Waals surface area contributed by atoms with Crippen LogP contribution >= 0.6 is 0 Å². The van der Waals surface area contributed by atoms with Crippen LogP contribution in [0.4, 0.5) is 0 Å². The van der Waals surface area contributed by atoms with E-state index in [1.54, 1.807) is 21.3 Å². The number of aliphatic carboxylic acids is 1. The Bertz CT molecular complexity index is 738. The van der Waals surface area contributed by atoms with Crippen LogP contribution in [0.15, 0.2) is 12.1 Å². The summed E-state index contributed by atoms with van der Waals surface area (Å²) in [6.07, 6.45) is 20.2. The van der Waals surface area contributed by atoms with Crippen molar-refractivity contribution in [2.24, 2.45) is 0 Å².